The molecule has 0 atom stereocenters. The Labute approximate surface area is 149 Å². The van der Waals surface area contributed by atoms with Crippen molar-refractivity contribution in [2.24, 2.45) is 0 Å². The van der Waals surface area contributed by atoms with Gasteiger partial charge in [0.15, 0.2) is 0 Å². The number of hydrogen-bond acceptors (Lipinski definition) is 7. The Morgan fingerprint density at radius 1 is 1.08 bits per heavy atom. The average Bonchev–Trinajstić information content (AvgIpc) is 3.02. The van der Waals surface area contributed by atoms with Gasteiger partial charge in [-0.15, -0.1) is 0 Å². The van der Waals surface area contributed by atoms with Crippen LogP contribution in [-0.4, -0.2) is 42.6 Å². The number of carbonyl (C=O) groups excluding carboxylic acids is 2. The summed E-state index contributed by atoms with van der Waals surface area (Å²) in [4.78, 5) is 35.5. The first-order chi connectivity index (χ1) is 12.3. The molecule has 0 aliphatic heterocycles. The topological polar surface area (TPSA) is 114 Å². The minimum Gasteiger partial charge on any atom is -0.497 e. The second-order valence-corrected chi connectivity index (χ2v) is 6.94. The molecule has 0 amide bonds. The third-order valence-corrected chi connectivity index (χ3v) is 5.14. The molecule has 10 heteroatoms. The van der Waals surface area contributed by atoms with Crippen LogP contribution in [-0.2, 0) is 19.6 Å². The number of nitrogens with zero attached hydrogens (tertiary/aromatic N) is 2. The standard InChI is InChI=1S/C16H18N2O7S/c1-3-25-15(20)9-8-14(19)17-10-11-18(16(17)21)26(22,23)13-6-4-12(24-2)5-7-13/h4-7,10-11H,3,8-9H2,1-2H3. The SMILES string of the molecule is CCOC(=O)CCC(=O)n1ccn(S(=O)(=O)c2ccc(OC)cc2)c1=O. The molecule has 26 heavy (non-hydrogen) atoms. The minimum absolute atomic E-state index is 0.128. The van der Waals surface area contributed by atoms with E-state index in [1.54, 1.807) is 6.92 Å². The van der Waals surface area contributed by atoms with Gasteiger partial charge in [-0.25, -0.2) is 17.8 Å². The zero-order valence-electron chi connectivity index (χ0n) is 14.2. The first kappa shape index (κ1) is 19.4. The highest BCUT2D eigenvalue weighted by molar-refractivity contribution is 7.90. The summed E-state index contributed by atoms with van der Waals surface area (Å²) < 4.78 is 35.9. The molecular formula is C16H18N2O7S. The van der Waals surface area contributed by atoms with E-state index in [0.717, 1.165) is 12.4 Å². The molecule has 2 rings (SSSR count). The van der Waals surface area contributed by atoms with Crippen LogP contribution in [0, 0.1) is 0 Å². The number of carbonyl (C=O) groups is 2. The monoisotopic (exact) mass is 382 g/mol. The first-order valence-electron chi connectivity index (χ1n) is 7.69. The molecule has 2 aromatic rings. The van der Waals surface area contributed by atoms with Crippen molar-refractivity contribution in [1.29, 1.82) is 0 Å². The molecule has 1 aromatic heterocycles. The maximum Gasteiger partial charge on any atom is 0.349 e. The third-order valence-electron chi connectivity index (χ3n) is 3.48. The Morgan fingerprint density at radius 2 is 1.73 bits per heavy atom. The second-order valence-electron chi connectivity index (χ2n) is 5.13. The molecular weight excluding hydrogens is 364 g/mol. The maximum atomic E-state index is 12.6. The molecule has 1 heterocycles. The lowest BCUT2D eigenvalue weighted by Crippen LogP contribution is -2.32. The van der Waals surface area contributed by atoms with Crippen LogP contribution in [0.25, 0.3) is 0 Å². The fraction of sp³-hybridized carbons (Fsp3) is 0.312. The number of ether oxygens (including phenoxy) is 2. The average molecular weight is 382 g/mol. The van der Waals surface area contributed by atoms with E-state index < -0.39 is 27.6 Å². The lowest BCUT2D eigenvalue weighted by molar-refractivity contribution is -0.143. The zero-order valence-corrected chi connectivity index (χ0v) is 15.1. The zero-order chi connectivity index (χ0) is 19.3. The van der Waals surface area contributed by atoms with Gasteiger partial charge >= 0.3 is 11.7 Å². The van der Waals surface area contributed by atoms with Crippen LogP contribution in [0.2, 0.25) is 0 Å². The molecule has 0 aliphatic carbocycles. The molecule has 1 aromatic carbocycles. The summed E-state index contributed by atoms with van der Waals surface area (Å²) in [6.07, 6.45) is 1.57. The van der Waals surface area contributed by atoms with Crippen molar-refractivity contribution in [2.45, 2.75) is 24.7 Å². The summed E-state index contributed by atoms with van der Waals surface area (Å²) in [5.74, 6) is -0.811. The number of aromatic nitrogens is 2. The Hall–Kier alpha value is -2.88. The van der Waals surface area contributed by atoms with Gasteiger partial charge in [-0.1, -0.05) is 0 Å². The van der Waals surface area contributed by atoms with E-state index in [1.165, 1.54) is 31.4 Å². The predicted octanol–water partition coefficient (Wildman–Crippen LogP) is 0.879. The Balaban J connectivity index is 2.25. The van der Waals surface area contributed by atoms with Crippen molar-refractivity contribution in [1.82, 2.24) is 8.54 Å². The summed E-state index contributed by atoms with van der Waals surface area (Å²) >= 11 is 0. The number of methoxy groups -OCH3 is 1. The lowest BCUT2D eigenvalue weighted by atomic mass is 10.3. The lowest BCUT2D eigenvalue weighted by Gasteiger charge is -2.06. The van der Waals surface area contributed by atoms with Crippen LogP contribution >= 0.6 is 0 Å². The number of imidazole rings is 1. The van der Waals surface area contributed by atoms with Gasteiger partial charge in [-0.2, -0.15) is 3.97 Å². The number of hydrogen-bond donors (Lipinski definition) is 0. The molecule has 9 nitrogen and oxygen atoms in total. The smallest absolute Gasteiger partial charge is 0.349 e. The van der Waals surface area contributed by atoms with Crippen molar-refractivity contribution in [3.63, 3.8) is 0 Å². The summed E-state index contributed by atoms with van der Waals surface area (Å²) in [5.41, 5.74) is -1.03. The van der Waals surface area contributed by atoms with Crippen molar-refractivity contribution in [2.75, 3.05) is 13.7 Å². The quantitative estimate of drug-likeness (QED) is 0.653. The van der Waals surface area contributed by atoms with Crippen LogP contribution in [0.4, 0.5) is 0 Å². The summed E-state index contributed by atoms with van der Waals surface area (Å²) in [7, 11) is -2.72. The van der Waals surface area contributed by atoms with Crippen LogP contribution < -0.4 is 10.4 Å². The Kier molecular flexibility index (Phi) is 5.98. The van der Waals surface area contributed by atoms with Crippen molar-refractivity contribution < 1.29 is 27.5 Å². The van der Waals surface area contributed by atoms with Crippen LogP contribution in [0.3, 0.4) is 0 Å². The van der Waals surface area contributed by atoms with Crippen LogP contribution in [0.1, 0.15) is 24.6 Å². The van der Waals surface area contributed by atoms with E-state index in [2.05, 4.69) is 0 Å². The van der Waals surface area contributed by atoms with Crippen molar-refractivity contribution in [3.8, 4) is 5.75 Å². The van der Waals surface area contributed by atoms with Crippen LogP contribution in [0.5, 0.6) is 5.75 Å². The predicted molar refractivity (Wildman–Crippen MR) is 90.8 cm³/mol. The summed E-state index contributed by atoms with van der Waals surface area (Å²) in [6, 6.07) is 5.47. The normalized spacial score (nSPS) is 11.2. The van der Waals surface area contributed by atoms with Gasteiger partial charge in [0, 0.05) is 18.8 Å². The number of benzene rings is 1. The van der Waals surface area contributed by atoms with E-state index in [1.807, 2.05) is 0 Å². The van der Waals surface area contributed by atoms with Crippen LogP contribution in [0.15, 0.2) is 46.3 Å². The van der Waals surface area contributed by atoms with E-state index in [9.17, 15) is 22.8 Å². The summed E-state index contributed by atoms with van der Waals surface area (Å²) in [5, 5.41) is 0. The minimum atomic E-state index is -4.16. The highest BCUT2D eigenvalue weighted by atomic mass is 32.2. The van der Waals surface area contributed by atoms with E-state index >= 15 is 0 Å². The fourth-order valence-electron chi connectivity index (χ4n) is 2.16. The van der Waals surface area contributed by atoms with Gasteiger partial charge < -0.3 is 9.47 Å². The molecule has 0 aliphatic rings. The molecule has 0 bridgehead atoms. The van der Waals surface area contributed by atoms with Gasteiger partial charge in [0.2, 0.25) is 5.91 Å². The van der Waals surface area contributed by atoms with Gasteiger partial charge in [-0.3, -0.25) is 9.59 Å². The van der Waals surface area contributed by atoms with Crippen molar-refractivity contribution in [3.05, 3.63) is 47.1 Å². The first-order valence-corrected chi connectivity index (χ1v) is 9.13. The summed E-state index contributed by atoms with van der Waals surface area (Å²) in [6.45, 7) is 1.82. The fourth-order valence-corrected chi connectivity index (χ4v) is 3.37. The molecule has 0 N–H and O–H groups in total. The molecule has 0 saturated heterocycles. The van der Waals surface area contributed by atoms with Gasteiger partial charge in [-0.05, 0) is 31.2 Å². The maximum absolute atomic E-state index is 12.6. The highest BCUT2D eigenvalue weighted by Crippen LogP contribution is 2.17. The molecule has 140 valence electrons. The Morgan fingerprint density at radius 3 is 2.31 bits per heavy atom. The Bertz CT molecular complexity index is 955. The third kappa shape index (κ3) is 4.02. The van der Waals surface area contributed by atoms with Gasteiger partial charge in [0.25, 0.3) is 10.0 Å². The van der Waals surface area contributed by atoms with Gasteiger partial charge in [0.05, 0.1) is 25.0 Å². The van der Waals surface area contributed by atoms with E-state index in [4.69, 9.17) is 9.47 Å². The molecule has 0 saturated carbocycles. The van der Waals surface area contributed by atoms with E-state index in [0.29, 0.717) is 14.3 Å². The highest BCUT2D eigenvalue weighted by Gasteiger charge is 2.22. The molecule has 0 fully saturated rings. The van der Waals surface area contributed by atoms with Gasteiger partial charge in [0.1, 0.15) is 5.75 Å². The van der Waals surface area contributed by atoms with Crippen molar-refractivity contribution >= 4 is 21.9 Å². The van der Waals surface area contributed by atoms with E-state index in [-0.39, 0.29) is 24.3 Å². The largest absolute Gasteiger partial charge is 0.497 e. The number of rotatable bonds is 7. The second kappa shape index (κ2) is 8.00. The molecule has 0 radical (unpaired) electrons. The molecule has 0 unspecified atom stereocenters. The molecule has 0 spiro atoms. The number of esters is 1.